The Morgan fingerprint density at radius 1 is 1.33 bits per heavy atom. The lowest BCUT2D eigenvalue weighted by atomic mass is 10.1. The second kappa shape index (κ2) is 4.97. The van der Waals surface area contributed by atoms with Gasteiger partial charge in [-0.15, -0.1) is 11.3 Å². The van der Waals surface area contributed by atoms with E-state index < -0.39 is 0 Å². The van der Waals surface area contributed by atoms with Gasteiger partial charge in [-0.3, -0.25) is 14.5 Å². The summed E-state index contributed by atoms with van der Waals surface area (Å²) in [5, 5.41) is 10.7. The molecule has 2 heterocycles. The van der Waals surface area contributed by atoms with Gasteiger partial charge in [0.15, 0.2) is 0 Å². The minimum Gasteiger partial charge on any atom is -0.395 e. The normalized spacial score (nSPS) is 25.6. The van der Waals surface area contributed by atoms with E-state index in [-0.39, 0.29) is 35.7 Å². The maximum Gasteiger partial charge on any atom is 0.234 e. The molecule has 2 unspecified atom stereocenters. The van der Waals surface area contributed by atoms with Gasteiger partial charge < -0.3 is 5.11 Å². The standard InChI is InChI=1S/C16H17NO3S/c1-16(2)12-13(16)15(20)17(14(12)19)9-11-10(6-8-21-11)5-3-4-7-18/h6,8,12-13,18H,4,7,9H2,1-2H3. The molecule has 1 aromatic heterocycles. The fourth-order valence-electron chi connectivity index (χ4n) is 3.09. The van der Waals surface area contributed by atoms with Gasteiger partial charge in [-0.1, -0.05) is 25.7 Å². The lowest BCUT2D eigenvalue weighted by Gasteiger charge is -2.20. The SMILES string of the molecule is CC1(C)C2C(=O)N(Cc3sccc3C#CCCO)C(=O)C21. The summed E-state index contributed by atoms with van der Waals surface area (Å²) in [6.45, 7) is 4.31. The van der Waals surface area contributed by atoms with Crippen LogP contribution in [0.15, 0.2) is 11.4 Å². The minimum atomic E-state index is -0.163. The molecular formula is C16H17NO3S. The van der Waals surface area contributed by atoms with Crippen molar-refractivity contribution in [2.24, 2.45) is 17.3 Å². The van der Waals surface area contributed by atoms with Crippen molar-refractivity contribution in [3.63, 3.8) is 0 Å². The number of hydrogen-bond donors (Lipinski definition) is 1. The Kier molecular flexibility index (Phi) is 3.39. The molecule has 0 aromatic carbocycles. The summed E-state index contributed by atoms with van der Waals surface area (Å²) in [4.78, 5) is 26.9. The van der Waals surface area contributed by atoms with Crippen molar-refractivity contribution >= 4 is 23.2 Å². The molecule has 1 saturated carbocycles. The molecule has 21 heavy (non-hydrogen) atoms. The van der Waals surface area contributed by atoms with Crippen LogP contribution < -0.4 is 0 Å². The molecule has 5 heteroatoms. The summed E-state index contributed by atoms with van der Waals surface area (Å²) >= 11 is 1.50. The molecule has 110 valence electrons. The average molecular weight is 303 g/mol. The van der Waals surface area contributed by atoms with Crippen LogP contribution in [-0.2, 0) is 16.1 Å². The number of fused-ring (bicyclic) bond motifs is 1. The highest BCUT2D eigenvalue weighted by molar-refractivity contribution is 7.10. The Hall–Kier alpha value is -1.64. The Morgan fingerprint density at radius 3 is 2.62 bits per heavy atom. The third kappa shape index (κ3) is 2.19. The lowest BCUT2D eigenvalue weighted by molar-refractivity contribution is -0.143. The van der Waals surface area contributed by atoms with Crippen molar-refractivity contribution in [3.05, 3.63) is 21.9 Å². The summed E-state index contributed by atoms with van der Waals surface area (Å²) < 4.78 is 0. The zero-order chi connectivity index (χ0) is 15.2. The van der Waals surface area contributed by atoms with E-state index in [1.54, 1.807) is 0 Å². The van der Waals surface area contributed by atoms with Crippen LogP contribution in [0.4, 0.5) is 0 Å². The summed E-state index contributed by atoms with van der Waals surface area (Å²) in [6, 6.07) is 1.89. The number of likely N-dealkylation sites (tertiary alicyclic amines) is 1. The quantitative estimate of drug-likeness (QED) is 0.682. The fraction of sp³-hybridized carbons (Fsp3) is 0.500. The Morgan fingerprint density at radius 2 is 2.00 bits per heavy atom. The van der Waals surface area contributed by atoms with Crippen LogP contribution in [0.25, 0.3) is 0 Å². The van der Waals surface area contributed by atoms with Crippen LogP contribution in [0.2, 0.25) is 0 Å². The summed E-state index contributed by atoms with van der Waals surface area (Å²) in [5.74, 6) is 5.51. The molecule has 2 amide bonds. The summed E-state index contributed by atoms with van der Waals surface area (Å²) in [5.41, 5.74) is 0.679. The van der Waals surface area contributed by atoms with E-state index in [1.165, 1.54) is 16.2 Å². The number of piperidine rings is 1. The highest BCUT2D eigenvalue weighted by Crippen LogP contribution is 2.63. The van der Waals surface area contributed by atoms with Crippen molar-refractivity contribution < 1.29 is 14.7 Å². The van der Waals surface area contributed by atoms with E-state index in [0.29, 0.717) is 13.0 Å². The van der Waals surface area contributed by atoms with E-state index in [2.05, 4.69) is 11.8 Å². The van der Waals surface area contributed by atoms with Crippen LogP contribution in [-0.4, -0.2) is 28.4 Å². The Balaban J connectivity index is 1.75. The first kappa shape index (κ1) is 14.3. The summed E-state index contributed by atoms with van der Waals surface area (Å²) in [6.07, 6.45) is 0.426. The number of thiophene rings is 1. The van der Waals surface area contributed by atoms with E-state index in [9.17, 15) is 9.59 Å². The van der Waals surface area contributed by atoms with Gasteiger partial charge in [-0.25, -0.2) is 0 Å². The molecule has 0 spiro atoms. The van der Waals surface area contributed by atoms with Gasteiger partial charge in [0, 0.05) is 16.9 Å². The largest absolute Gasteiger partial charge is 0.395 e. The Labute approximate surface area is 127 Å². The summed E-state index contributed by atoms with van der Waals surface area (Å²) in [7, 11) is 0. The van der Waals surface area contributed by atoms with Gasteiger partial charge >= 0.3 is 0 Å². The fourth-order valence-corrected chi connectivity index (χ4v) is 3.91. The number of amides is 2. The minimum absolute atomic E-state index is 0.0357. The number of hydrogen-bond acceptors (Lipinski definition) is 4. The van der Waals surface area contributed by atoms with E-state index in [1.807, 2.05) is 25.3 Å². The van der Waals surface area contributed by atoms with Gasteiger partial charge in [0.05, 0.1) is 25.0 Å². The molecule has 2 fully saturated rings. The van der Waals surface area contributed by atoms with Gasteiger partial charge in [0.1, 0.15) is 0 Å². The maximum absolute atomic E-state index is 12.3. The third-order valence-electron chi connectivity index (χ3n) is 4.40. The molecule has 1 aliphatic heterocycles. The maximum atomic E-state index is 12.3. The molecule has 1 saturated heterocycles. The zero-order valence-corrected chi connectivity index (χ0v) is 12.9. The second-order valence-electron chi connectivity index (χ2n) is 6.07. The molecule has 0 radical (unpaired) electrons. The highest BCUT2D eigenvalue weighted by Gasteiger charge is 2.72. The number of nitrogens with zero attached hydrogens (tertiary/aromatic N) is 1. The smallest absolute Gasteiger partial charge is 0.234 e. The molecule has 1 aromatic rings. The van der Waals surface area contributed by atoms with Crippen LogP contribution in [0.3, 0.4) is 0 Å². The van der Waals surface area contributed by atoms with Crippen molar-refractivity contribution in [1.82, 2.24) is 4.90 Å². The van der Waals surface area contributed by atoms with E-state index in [4.69, 9.17) is 5.11 Å². The zero-order valence-electron chi connectivity index (χ0n) is 12.0. The molecule has 3 rings (SSSR count). The number of carbonyl (C=O) groups is 2. The van der Waals surface area contributed by atoms with Crippen molar-refractivity contribution in [1.29, 1.82) is 0 Å². The first-order valence-corrected chi connectivity index (χ1v) is 7.87. The average Bonchev–Trinajstić information content (AvgIpc) is 2.73. The van der Waals surface area contributed by atoms with Crippen LogP contribution in [0.5, 0.6) is 0 Å². The first-order chi connectivity index (χ1) is 9.98. The van der Waals surface area contributed by atoms with Gasteiger partial charge in [-0.05, 0) is 16.9 Å². The van der Waals surface area contributed by atoms with Crippen LogP contribution >= 0.6 is 11.3 Å². The van der Waals surface area contributed by atoms with E-state index in [0.717, 1.165) is 10.4 Å². The number of carbonyl (C=O) groups excluding carboxylic acids is 2. The van der Waals surface area contributed by atoms with Gasteiger partial charge in [0.2, 0.25) is 11.8 Å². The van der Waals surface area contributed by atoms with Gasteiger partial charge in [-0.2, -0.15) is 0 Å². The van der Waals surface area contributed by atoms with Gasteiger partial charge in [0.25, 0.3) is 0 Å². The molecule has 2 atom stereocenters. The first-order valence-electron chi connectivity index (χ1n) is 6.99. The lowest BCUT2D eigenvalue weighted by Crippen LogP contribution is -2.35. The third-order valence-corrected chi connectivity index (χ3v) is 5.30. The second-order valence-corrected chi connectivity index (χ2v) is 7.07. The molecular weight excluding hydrogens is 286 g/mol. The molecule has 1 aliphatic carbocycles. The van der Waals surface area contributed by atoms with Crippen molar-refractivity contribution in [3.8, 4) is 11.8 Å². The molecule has 0 bridgehead atoms. The monoisotopic (exact) mass is 303 g/mol. The number of aliphatic hydroxyl groups is 1. The van der Waals surface area contributed by atoms with Crippen LogP contribution in [0.1, 0.15) is 30.7 Å². The van der Waals surface area contributed by atoms with Crippen molar-refractivity contribution in [2.75, 3.05) is 6.61 Å². The molecule has 1 N–H and O–H groups in total. The highest BCUT2D eigenvalue weighted by atomic mass is 32.1. The number of imide groups is 1. The topological polar surface area (TPSA) is 57.6 Å². The predicted molar refractivity (Wildman–Crippen MR) is 79.2 cm³/mol. The number of rotatable bonds is 3. The van der Waals surface area contributed by atoms with E-state index >= 15 is 0 Å². The molecule has 2 aliphatic rings. The Bertz CT molecular complexity index is 641. The van der Waals surface area contributed by atoms with Crippen LogP contribution in [0, 0.1) is 29.1 Å². The predicted octanol–water partition coefficient (Wildman–Crippen LogP) is 1.62. The van der Waals surface area contributed by atoms with Crippen molar-refractivity contribution in [2.45, 2.75) is 26.8 Å². The number of aliphatic hydroxyl groups excluding tert-OH is 1. The molecule has 4 nitrogen and oxygen atoms in total.